The number of quaternary nitrogens is 1. The molecule has 76 heavy (non-hydrogen) atoms. The molecule has 0 aliphatic heterocycles. The summed E-state index contributed by atoms with van der Waals surface area (Å²) in [5.74, 6) is -0.773. The van der Waals surface area contributed by atoms with Gasteiger partial charge in [0, 0.05) is 12.8 Å². The van der Waals surface area contributed by atoms with Crippen molar-refractivity contribution in [1.29, 1.82) is 0 Å². The summed E-state index contributed by atoms with van der Waals surface area (Å²) in [5, 5.41) is 0. The van der Waals surface area contributed by atoms with Gasteiger partial charge in [0.05, 0.1) is 27.7 Å². The van der Waals surface area contributed by atoms with Crippen molar-refractivity contribution in [3.05, 3.63) is 12.2 Å². The third-order valence-electron chi connectivity index (χ3n) is 15.3. The molecule has 2 atom stereocenters. The molecule has 0 saturated carbocycles. The summed E-state index contributed by atoms with van der Waals surface area (Å²) in [4.78, 5) is 35.8. The zero-order valence-corrected chi connectivity index (χ0v) is 52.4. The molecule has 0 aliphatic rings. The van der Waals surface area contributed by atoms with Gasteiger partial charge in [0.2, 0.25) is 0 Å². The molecule has 2 unspecified atom stereocenters. The Labute approximate surface area is 473 Å². The van der Waals surface area contributed by atoms with Gasteiger partial charge in [-0.15, -0.1) is 0 Å². The number of ether oxygens (including phenoxy) is 2. The number of esters is 2. The average molecular weight is 1100 g/mol. The Kier molecular flexibility index (Phi) is 57.4. The molecule has 10 heteroatoms. The molecule has 0 amide bonds. The quantitative estimate of drug-likeness (QED) is 0.0211. The second-order valence-electron chi connectivity index (χ2n) is 24.2. The first-order valence-electron chi connectivity index (χ1n) is 33.4. The molecule has 452 valence electrons. The van der Waals surface area contributed by atoms with Gasteiger partial charge >= 0.3 is 19.8 Å². The number of phosphoric acid groups is 1. The molecule has 0 saturated heterocycles. The van der Waals surface area contributed by atoms with Crippen LogP contribution in [0.1, 0.15) is 348 Å². The first-order valence-corrected chi connectivity index (χ1v) is 34.9. The van der Waals surface area contributed by atoms with E-state index >= 15 is 0 Å². The van der Waals surface area contributed by atoms with Gasteiger partial charge in [-0.2, -0.15) is 0 Å². The lowest BCUT2D eigenvalue weighted by atomic mass is 10.0. The number of unbranched alkanes of at least 4 members (excludes halogenated alkanes) is 47. The van der Waals surface area contributed by atoms with Crippen LogP contribution in [0.5, 0.6) is 0 Å². The van der Waals surface area contributed by atoms with Crippen LogP contribution in [0.15, 0.2) is 12.2 Å². The van der Waals surface area contributed by atoms with Crippen LogP contribution in [-0.2, 0) is 32.7 Å². The van der Waals surface area contributed by atoms with Crippen LogP contribution < -0.4 is 0 Å². The fraction of sp³-hybridized carbons (Fsp3) is 0.939. The van der Waals surface area contributed by atoms with Gasteiger partial charge < -0.3 is 18.9 Å². The van der Waals surface area contributed by atoms with Crippen molar-refractivity contribution in [2.24, 2.45) is 0 Å². The molecule has 0 aromatic carbocycles. The lowest BCUT2D eigenvalue weighted by molar-refractivity contribution is -0.870. The van der Waals surface area contributed by atoms with Gasteiger partial charge in [-0.3, -0.25) is 18.6 Å². The minimum absolute atomic E-state index is 0.0362. The third kappa shape index (κ3) is 62.0. The zero-order chi connectivity index (χ0) is 55.6. The van der Waals surface area contributed by atoms with Crippen molar-refractivity contribution >= 4 is 19.8 Å². The van der Waals surface area contributed by atoms with Crippen LogP contribution in [0.2, 0.25) is 0 Å². The van der Waals surface area contributed by atoms with Crippen molar-refractivity contribution in [3.8, 4) is 0 Å². The van der Waals surface area contributed by atoms with Crippen LogP contribution in [-0.4, -0.2) is 74.9 Å². The Morgan fingerprint density at radius 1 is 0.395 bits per heavy atom. The minimum Gasteiger partial charge on any atom is -0.462 e. The van der Waals surface area contributed by atoms with Crippen LogP contribution in [0.25, 0.3) is 0 Å². The summed E-state index contributed by atoms with van der Waals surface area (Å²) >= 11 is 0. The highest BCUT2D eigenvalue weighted by Gasteiger charge is 2.27. The number of phosphoric ester groups is 1. The molecule has 0 heterocycles. The topological polar surface area (TPSA) is 108 Å². The van der Waals surface area contributed by atoms with E-state index in [0.717, 1.165) is 32.1 Å². The molecule has 0 spiro atoms. The Bertz CT molecular complexity index is 1290. The molecule has 0 bridgehead atoms. The SMILES string of the molecule is CCCCCCCCCC/C=C\CCCCCCCCCCCCCCCCCC(=O)OC(COC(=O)CCCCCCCCCCCCCCCCCCCCCCCCCCC)COP(=O)(O)OCC[N+](C)(C)C. The van der Waals surface area contributed by atoms with Crippen molar-refractivity contribution in [2.45, 2.75) is 354 Å². The Hall–Kier alpha value is -1.25. The fourth-order valence-electron chi connectivity index (χ4n) is 10.1. The van der Waals surface area contributed by atoms with Gasteiger partial charge in [-0.1, -0.05) is 309 Å². The molecule has 0 fully saturated rings. The first kappa shape index (κ1) is 74.8. The molecule has 0 rings (SSSR count). The van der Waals surface area contributed by atoms with E-state index in [1.165, 1.54) is 283 Å². The van der Waals surface area contributed by atoms with Crippen molar-refractivity contribution < 1.29 is 42.1 Å². The molecule has 1 N–H and O–H groups in total. The summed E-state index contributed by atoms with van der Waals surface area (Å²) in [6.45, 7) is 4.51. The Morgan fingerprint density at radius 3 is 0.974 bits per heavy atom. The standard InChI is InChI=1S/C66H130NO8P/c1-6-8-10-12-14-16-18-20-22-24-26-28-30-32-33-35-37-39-41-43-45-47-49-51-53-55-57-59-66(69)75-64(63-74-76(70,71)73-61-60-67(3,4)5)62-72-65(68)58-56-54-52-50-48-46-44-42-40-38-36-34-31-29-27-25-23-21-19-17-15-13-11-9-7-2/h24,26,64H,6-23,25,27-63H2,1-5H3/p+1/b26-24-. The second-order valence-corrected chi connectivity index (χ2v) is 25.7. The highest BCUT2D eigenvalue weighted by molar-refractivity contribution is 7.47. The van der Waals surface area contributed by atoms with Gasteiger partial charge in [-0.05, 0) is 38.5 Å². The average Bonchev–Trinajstić information content (AvgIpc) is 3.38. The maximum absolute atomic E-state index is 12.9. The van der Waals surface area contributed by atoms with Crippen molar-refractivity contribution in [2.75, 3.05) is 47.5 Å². The lowest BCUT2D eigenvalue weighted by Crippen LogP contribution is -2.37. The maximum atomic E-state index is 12.9. The number of nitrogens with zero attached hydrogens (tertiary/aromatic N) is 1. The van der Waals surface area contributed by atoms with E-state index in [1.807, 2.05) is 21.1 Å². The van der Waals surface area contributed by atoms with Gasteiger partial charge in [0.1, 0.15) is 19.8 Å². The Morgan fingerprint density at radius 2 is 0.671 bits per heavy atom. The Balaban J connectivity index is 4.02. The second kappa shape index (κ2) is 58.4. The summed E-state index contributed by atoms with van der Waals surface area (Å²) in [5.41, 5.74) is 0. The largest absolute Gasteiger partial charge is 0.472 e. The minimum atomic E-state index is -4.38. The maximum Gasteiger partial charge on any atom is 0.472 e. The fourth-order valence-corrected chi connectivity index (χ4v) is 10.9. The molecule has 0 aliphatic carbocycles. The number of hydrogen-bond donors (Lipinski definition) is 1. The number of likely N-dealkylation sites (N-methyl/N-ethyl adjacent to an activating group) is 1. The predicted octanol–water partition coefficient (Wildman–Crippen LogP) is 21.2. The normalized spacial score (nSPS) is 13.2. The van der Waals surface area contributed by atoms with Gasteiger partial charge in [0.15, 0.2) is 6.10 Å². The molecule has 9 nitrogen and oxygen atoms in total. The van der Waals surface area contributed by atoms with E-state index in [9.17, 15) is 19.0 Å². The smallest absolute Gasteiger partial charge is 0.462 e. The van der Waals surface area contributed by atoms with Gasteiger partial charge in [0.25, 0.3) is 0 Å². The third-order valence-corrected chi connectivity index (χ3v) is 16.3. The van der Waals surface area contributed by atoms with Crippen molar-refractivity contribution in [1.82, 2.24) is 0 Å². The van der Waals surface area contributed by atoms with E-state index in [1.54, 1.807) is 0 Å². The summed E-state index contributed by atoms with van der Waals surface area (Å²) < 4.78 is 34.7. The van der Waals surface area contributed by atoms with Crippen LogP contribution in [0.4, 0.5) is 0 Å². The van der Waals surface area contributed by atoms with Crippen molar-refractivity contribution in [3.63, 3.8) is 0 Å². The van der Waals surface area contributed by atoms with E-state index in [4.69, 9.17) is 18.5 Å². The summed E-state index contributed by atoms with van der Waals surface area (Å²) in [6.07, 6.45) is 70.2. The van der Waals surface area contributed by atoms with E-state index in [2.05, 4.69) is 26.0 Å². The number of rotatable bonds is 63. The van der Waals surface area contributed by atoms with Crippen LogP contribution in [0.3, 0.4) is 0 Å². The number of allylic oxidation sites excluding steroid dienone is 2. The highest BCUT2D eigenvalue weighted by atomic mass is 31.2. The molecular formula is C66H131NO8P+. The van der Waals surface area contributed by atoms with Gasteiger partial charge in [-0.25, -0.2) is 4.57 Å². The lowest BCUT2D eigenvalue weighted by Gasteiger charge is -2.24. The molecule has 0 aromatic rings. The monoisotopic (exact) mass is 1100 g/mol. The van der Waals surface area contributed by atoms with E-state index in [0.29, 0.717) is 23.9 Å². The predicted molar refractivity (Wildman–Crippen MR) is 326 cm³/mol. The van der Waals surface area contributed by atoms with Crippen LogP contribution in [0, 0.1) is 0 Å². The van der Waals surface area contributed by atoms with Crippen LogP contribution >= 0.6 is 7.82 Å². The highest BCUT2D eigenvalue weighted by Crippen LogP contribution is 2.43. The van der Waals surface area contributed by atoms with E-state index in [-0.39, 0.29) is 25.6 Å². The number of carbonyl (C=O) groups excluding carboxylic acids is 2. The van der Waals surface area contributed by atoms with E-state index < -0.39 is 26.5 Å². The first-order chi connectivity index (χ1) is 37.0. The summed E-state index contributed by atoms with van der Waals surface area (Å²) in [7, 11) is 1.50. The molecule has 0 aromatic heterocycles. The molecular weight excluding hydrogens is 966 g/mol. The number of carbonyl (C=O) groups is 2. The molecule has 0 radical (unpaired) electrons. The summed E-state index contributed by atoms with van der Waals surface area (Å²) in [6, 6.07) is 0. The zero-order valence-electron chi connectivity index (χ0n) is 51.5. The number of hydrogen-bond acceptors (Lipinski definition) is 7.